The Morgan fingerprint density at radius 1 is 1.09 bits per heavy atom. The highest BCUT2D eigenvalue weighted by atomic mass is 35.5. The van der Waals surface area contributed by atoms with Gasteiger partial charge in [0.1, 0.15) is 6.33 Å². The van der Waals surface area contributed by atoms with Gasteiger partial charge in [0.05, 0.1) is 11.4 Å². The van der Waals surface area contributed by atoms with Crippen molar-refractivity contribution in [1.82, 2.24) is 19.7 Å². The lowest BCUT2D eigenvalue weighted by molar-refractivity contribution is -0.113. The minimum atomic E-state index is -0.0831. The Morgan fingerprint density at radius 3 is 2.58 bits per heavy atom. The topological polar surface area (TPSA) is 66.3 Å². The van der Waals surface area contributed by atoms with Crippen molar-refractivity contribution in [2.24, 2.45) is 0 Å². The number of amides is 1. The van der Waals surface area contributed by atoms with Crippen molar-refractivity contribution in [1.29, 1.82) is 0 Å². The van der Waals surface area contributed by atoms with Crippen LogP contribution >= 0.6 is 23.4 Å². The molecule has 2 heterocycles. The van der Waals surface area contributed by atoms with Gasteiger partial charge in [-0.2, -0.15) is 0 Å². The summed E-state index contributed by atoms with van der Waals surface area (Å²) in [6.45, 7) is 11.6. The number of thioether (sulfide) groups is 1. The molecule has 1 aromatic heterocycles. The van der Waals surface area contributed by atoms with Gasteiger partial charge in [0.15, 0.2) is 5.16 Å². The first-order valence-electron chi connectivity index (χ1n) is 11.1. The van der Waals surface area contributed by atoms with Crippen molar-refractivity contribution in [2.75, 3.05) is 48.7 Å². The third-order valence-electron chi connectivity index (χ3n) is 5.92. The van der Waals surface area contributed by atoms with Crippen LogP contribution in [0, 0.1) is 13.8 Å². The van der Waals surface area contributed by atoms with Crippen molar-refractivity contribution < 1.29 is 4.79 Å². The number of halogens is 1. The number of nitrogens with zero attached hydrogens (tertiary/aromatic N) is 5. The summed E-state index contributed by atoms with van der Waals surface area (Å²) in [4.78, 5) is 17.5. The van der Waals surface area contributed by atoms with E-state index in [4.69, 9.17) is 11.6 Å². The summed E-state index contributed by atoms with van der Waals surface area (Å²) in [7, 11) is 0. The zero-order valence-corrected chi connectivity index (χ0v) is 20.8. The molecule has 0 spiro atoms. The Labute approximate surface area is 204 Å². The van der Waals surface area contributed by atoms with Crippen LogP contribution in [0.5, 0.6) is 0 Å². The third-order valence-corrected chi connectivity index (χ3v) is 7.27. The molecule has 4 rings (SSSR count). The van der Waals surface area contributed by atoms with E-state index < -0.39 is 0 Å². The van der Waals surface area contributed by atoms with Crippen LogP contribution in [-0.4, -0.2) is 64.0 Å². The maximum Gasteiger partial charge on any atom is 0.234 e. The minimum absolute atomic E-state index is 0.0831. The van der Waals surface area contributed by atoms with Gasteiger partial charge in [-0.25, -0.2) is 0 Å². The van der Waals surface area contributed by atoms with Gasteiger partial charge in [0, 0.05) is 42.6 Å². The second-order valence-electron chi connectivity index (χ2n) is 8.18. The number of aryl methyl sites for hydroxylation is 2. The molecular formula is C24H29ClN6OS. The lowest BCUT2D eigenvalue weighted by Gasteiger charge is -2.36. The smallest absolute Gasteiger partial charge is 0.234 e. The second kappa shape index (κ2) is 10.6. The number of benzene rings is 2. The summed E-state index contributed by atoms with van der Waals surface area (Å²) in [5.41, 5.74) is 5.08. The number of carbonyl (C=O) groups excluding carboxylic acids is 1. The molecule has 1 N–H and O–H groups in total. The highest BCUT2D eigenvalue weighted by Crippen LogP contribution is 2.26. The summed E-state index contributed by atoms with van der Waals surface area (Å²) in [5, 5.41) is 12.5. The molecule has 0 saturated carbocycles. The Morgan fingerprint density at radius 2 is 1.88 bits per heavy atom. The Hall–Kier alpha value is -2.55. The number of anilines is 2. The largest absolute Gasteiger partial charge is 0.369 e. The first-order valence-corrected chi connectivity index (χ1v) is 12.5. The minimum Gasteiger partial charge on any atom is -0.369 e. The maximum atomic E-state index is 12.6. The van der Waals surface area contributed by atoms with E-state index in [1.807, 2.05) is 41.8 Å². The van der Waals surface area contributed by atoms with Gasteiger partial charge in [0.25, 0.3) is 0 Å². The molecule has 1 saturated heterocycles. The first-order chi connectivity index (χ1) is 15.9. The molecule has 1 fully saturated rings. The van der Waals surface area contributed by atoms with Gasteiger partial charge in [-0.3, -0.25) is 9.36 Å². The van der Waals surface area contributed by atoms with Crippen LogP contribution in [0.2, 0.25) is 5.02 Å². The fourth-order valence-corrected chi connectivity index (χ4v) is 4.86. The van der Waals surface area contributed by atoms with Gasteiger partial charge in [-0.1, -0.05) is 36.4 Å². The molecule has 174 valence electrons. The number of nitrogens with one attached hydrogen (secondary N) is 1. The van der Waals surface area contributed by atoms with E-state index in [1.165, 1.54) is 23.0 Å². The molecule has 0 unspecified atom stereocenters. The fourth-order valence-electron chi connectivity index (χ4n) is 3.95. The molecule has 1 aliphatic rings. The number of hydrogen-bond acceptors (Lipinski definition) is 6. The SMILES string of the molecule is CCN1CCN(c2ccc(NC(=O)CSc3nncn3-c3ccc(C)c(Cl)c3)cc2C)CC1. The summed E-state index contributed by atoms with van der Waals surface area (Å²) in [6, 6.07) is 11.9. The van der Waals surface area contributed by atoms with E-state index in [1.54, 1.807) is 6.33 Å². The molecule has 0 aliphatic carbocycles. The van der Waals surface area contributed by atoms with Crippen LogP contribution in [0.15, 0.2) is 47.9 Å². The average molecular weight is 485 g/mol. The van der Waals surface area contributed by atoms with Crippen molar-refractivity contribution >= 4 is 40.6 Å². The van der Waals surface area contributed by atoms with Gasteiger partial charge >= 0.3 is 0 Å². The number of hydrogen-bond donors (Lipinski definition) is 1. The molecule has 7 nitrogen and oxygen atoms in total. The van der Waals surface area contributed by atoms with Gasteiger partial charge in [-0.05, 0) is 61.9 Å². The molecule has 0 atom stereocenters. The van der Waals surface area contributed by atoms with Gasteiger partial charge in [0.2, 0.25) is 5.91 Å². The molecule has 1 aliphatic heterocycles. The third kappa shape index (κ3) is 5.69. The van der Waals surface area contributed by atoms with Crippen molar-refractivity contribution in [3.8, 4) is 5.69 Å². The molecule has 0 bridgehead atoms. The van der Waals surface area contributed by atoms with E-state index in [0.717, 1.165) is 49.7 Å². The lowest BCUT2D eigenvalue weighted by Crippen LogP contribution is -2.46. The van der Waals surface area contributed by atoms with E-state index in [2.05, 4.69) is 45.2 Å². The Bertz CT molecular complexity index is 1130. The number of piperazine rings is 1. The van der Waals surface area contributed by atoms with E-state index >= 15 is 0 Å². The van der Waals surface area contributed by atoms with Crippen LogP contribution in [0.4, 0.5) is 11.4 Å². The lowest BCUT2D eigenvalue weighted by atomic mass is 10.1. The molecular weight excluding hydrogens is 456 g/mol. The fraction of sp³-hybridized carbons (Fsp3) is 0.375. The Balaban J connectivity index is 1.35. The maximum absolute atomic E-state index is 12.6. The number of carbonyl (C=O) groups is 1. The summed E-state index contributed by atoms with van der Waals surface area (Å²) in [5.74, 6) is 0.151. The van der Waals surface area contributed by atoms with Crippen LogP contribution < -0.4 is 10.2 Å². The van der Waals surface area contributed by atoms with Crippen molar-refractivity contribution in [3.63, 3.8) is 0 Å². The number of likely N-dealkylation sites (N-methyl/N-ethyl adjacent to an activating group) is 1. The zero-order valence-electron chi connectivity index (χ0n) is 19.2. The van der Waals surface area contributed by atoms with E-state index in [-0.39, 0.29) is 11.7 Å². The average Bonchev–Trinajstić information content (AvgIpc) is 3.28. The van der Waals surface area contributed by atoms with Crippen LogP contribution in [0.1, 0.15) is 18.1 Å². The summed E-state index contributed by atoms with van der Waals surface area (Å²) < 4.78 is 1.83. The quantitative estimate of drug-likeness (QED) is 0.501. The highest BCUT2D eigenvalue weighted by molar-refractivity contribution is 7.99. The summed E-state index contributed by atoms with van der Waals surface area (Å²) in [6.07, 6.45) is 1.63. The van der Waals surface area contributed by atoms with Crippen molar-refractivity contribution in [3.05, 3.63) is 58.9 Å². The molecule has 3 aromatic rings. The van der Waals surface area contributed by atoms with E-state index in [9.17, 15) is 4.79 Å². The zero-order chi connectivity index (χ0) is 23.4. The molecule has 1 amide bonds. The monoisotopic (exact) mass is 484 g/mol. The first kappa shape index (κ1) is 23.6. The normalized spacial score (nSPS) is 14.5. The van der Waals surface area contributed by atoms with E-state index in [0.29, 0.717) is 10.2 Å². The predicted molar refractivity (Wildman–Crippen MR) is 136 cm³/mol. The number of aromatic nitrogens is 3. The van der Waals surface area contributed by atoms with Crippen LogP contribution in [0.25, 0.3) is 5.69 Å². The number of rotatable bonds is 7. The summed E-state index contributed by atoms with van der Waals surface area (Å²) >= 11 is 7.60. The molecule has 0 radical (unpaired) electrons. The standard InChI is InChI=1S/C24H29ClN6OS/c1-4-29-9-11-30(12-10-29)22-8-6-19(13-18(22)3)27-23(32)15-33-24-28-26-16-31(24)20-7-5-17(2)21(25)14-20/h5-8,13-14,16H,4,9-12,15H2,1-3H3,(H,27,32). The van der Waals surface area contributed by atoms with Crippen LogP contribution in [0.3, 0.4) is 0 Å². The van der Waals surface area contributed by atoms with Gasteiger partial charge in [-0.15, -0.1) is 10.2 Å². The second-order valence-corrected chi connectivity index (χ2v) is 9.53. The molecule has 9 heteroatoms. The highest BCUT2D eigenvalue weighted by Gasteiger charge is 2.18. The molecule has 2 aromatic carbocycles. The van der Waals surface area contributed by atoms with Crippen LogP contribution in [-0.2, 0) is 4.79 Å². The Kier molecular flexibility index (Phi) is 7.57. The van der Waals surface area contributed by atoms with Gasteiger partial charge < -0.3 is 15.1 Å². The predicted octanol–water partition coefficient (Wildman–Crippen LogP) is 4.41. The van der Waals surface area contributed by atoms with Crippen molar-refractivity contribution in [2.45, 2.75) is 25.9 Å². The molecule has 33 heavy (non-hydrogen) atoms.